The van der Waals surface area contributed by atoms with E-state index in [4.69, 9.17) is 5.73 Å². The predicted octanol–water partition coefficient (Wildman–Crippen LogP) is -0.456. The Morgan fingerprint density at radius 1 is 1.33 bits per heavy atom. The third-order valence-corrected chi connectivity index (χ3v) is 5.30. The number of aromatic amines is 1. The van der Waals surface area contributed by atoms with E-state index < -0.39 is 0 Å². The number of amides is 1. The number of fused-ring (bicyclic) bond motifs is 1. The summed E-state index contributed by atoms with van der Waals surface area (Å²) in [6, 6.07) is 8.89. The molecule has 2 aromatic heterocycles. The number of carbonyl (C=O) groups is 1. The molecule has 0 aliphatic carbocycles. The van der Waals surface area contributed by atoms with Gasteiger partial charge in [-0.1, -0.05) is 21.7 Å². The third kappa shape index (κ3) is 3.68. The summed E-state index contributed by atoms with van der Waals surface area (Å²) in [5.74, 6) is 0.544. The van der Waals surface area contributed by atoms with Crippen molar-refractivity contribution in [3.63, 3.8) is 0 Å². The average Bonchev–Trinajstić information content (AvgIpc) is 3.14. The molecule has 0 unspecified atom stereocenters. The molecule has 0 atom stereocenters. The third-order valence-electron chi connectivity index (χ3n) is 4.32. The standard InChI is InChI=1S/C17H19N7O2S/c18-10-14(25)20-12-3-1-2-11(8-12)16-22-24-15(26)9-13(21-17(24)27-16)23-6-4-19-5-7-23/h1-3,8-9,19H,4-7,10,18H2,(H,20,25)/p+1. The summed E-state index contributed by atoms with van der Waals surface area (Å²) in [4.78, 5) is 30.1. The average molecular weight is 386 g/mol. The van der Waals surface area contributed by atoms with Gasteiger partial charge in [0.2, 0.25) is 11.7 Å². The summed E-state index contributed by atoms with van der Waals surface area (Å²) in [6.07, 6.45) is 0. The van der Waals surface area contributed by atoms with E-state index in [1.54, 1.807) is 12.1 Å². The summed E-state index contributed by atoms with van der Waals surface area (Å²) >= 11 is 1.39. The van der Waals surface area contributed by atoms with Crippen molar-refractivity contribution in [2.75, 3.05) is 42.9 Å². The van der Waals surface area contributed by atoms with Gasteiger partial charge in [-0.2, -0.15) is 0 Å². The number of H-pyrrole nitrogens is 1. The smallest absolute Gasteiger partial charge is 0.325 e. The number of carbonyl (C=O) groups excluding carboxylic acids is 1. The number of aromatic nitrogens is 3. The van der Waals surface area contributed by atoms with Gasteiger partial charge >= 0.3 is 10.5 Å². The molecule has 9 nitrogen and oxygen atoms in total. The zero-order valence-electron chi connectivity index (χ0n) is 14.6. The molecule has 0 radical (unpaired) electrons. The van der Waals surface area contributed by atoms with E-state index in [-0.39, 0.29) is 18.0 Å². The summed E-state index contributed by atoms with van der Waals surface area (Å²) in [6.45, 7) is 3.40. The van der Waals surface area contributed by atoms with Gasteiger partial charge in [0.1, 0.15) is 0 Å². The van der Waals surface area contributed by atoms with Gasteiger partial charge in [-0.05, 0) is 23.5 Å². The first-order valence-corrected chi connectivity index (χ1v) is 9.48. The molecule has 10 heteroatoms. The maximum Gasteiger partial charge on any atom is 0.337 e. The largest absolute Gasteiger partial charge is 0.337 e. The molecule has 0 spiro atoms. The first kappa shape index (κ1) is 17.6. The minimum Gasteiger partial charge on any atom is -0.325 e. The summed E-state index contributed by atoms with van der Waals surface area (Å²) in [5, 5.41) is 11.1. The topological polar surface area (TPSA) is 119 Å². The van der Waals surface area contributed by atoms with Gasteiger partial charge in [0, 0.05) is 24.3 Å². The van der Waals surface area contributed by atoms with Crippen LogP contribution in [-0.4, -0.2) is 48.2 Å². The Kier molecular flexibility index (Phi) is 4.84. The number of nitrogens with one attached hydrogen (secondary N) is 3. The van der Waals surface area contributed by atoms with Crippen LogP contribution < -0.4 is 31.8 Å². The molecule has 140 valence electrons. The van der Waals surface area contributed by atoms with E-state index >= 15 is 0 Å². The zero-order chi connectivity index (χ0) is 18.8. The fourth-order valence-corrected chi connectivity index (χ4v) is 3.90. The molecule has 1 aromatic carbocycles. The number of anilines is 2. The Morgan fingerprint density at radius 3 is 2.93 bits per heavy atom. The fraction of sp³-hybridized carbons (Fsp3) is 0.294. The van der Waals surface area contributed by atoms with Crippen molar-refractivity contribution in [3.8, 4) is 10.6 Å². The number of hydrogen-bond donors (Lipinski definition) is 3. The van der Waals surface area contributed by atoms with Gasteiger partial charge in [-0.3, -0.25) is 9.69 Å². The van der Waals surface area contributed by atoms with Crippen molar-refractivity contribution < 1.29 is 9.78 Å². The highest BCUT2D eigenvalue weighted by molar-refractivity contribution is 7.19. The van der Waals surface area contributed by atoms with Gasteiger partial charge in [0.25, 0.3) is 0 Å². The van der Waals surface area contributed by atoms with Crippen LogP contribution in [0.3, 0.4) is 0 Å². The Balaban J connectivity index is 1.69. The zero-order valence-corrected chi connectivity index (χ0v) is 15.4. The van der Waals surface area contributed by atoms with Crippen molar-refractivity contribution in [2.45, 2.75) is 0 Å². The molecule has 4 rings (SSSR count). The van der Waals surface area contributed by atoms with Crippen LogP contribution in [0, 0.1) is 0 Å². The van der Waals surface area contributed by atoms with Crippen LogP contribution in [0.5, 0.6) is 0 Å². The molecule has 5 N–H and O–H groups in total. The second kappa shape index (κ2) is 7.43. The summed E-state index contributed by atoms with van der Waals surface area (Å²) < 4.78 is 1.37. The van der Waals surface area contributed by atoms with E-state index in [0.29, 0.717) is 15.7 Å². The normalized spacial score (nSPS) is 14.5. The van der Waals surface area contributed by atoms with Crippen molar-refractivity contribution >= 4 is 33.7 Å². The lowest BCUT2D eigenvalue weighted by molar-refractivity contribution is -0.333. The first-order chi connectivity index (χ1) is 13.1. The van der Waals surface area contributed by atoms with Gasteiger partial charge in [0.15, 0.2) is 5.01 Å². The van der Waals surface area contributed by atoms with Crippen LogP contribution in [0.25, 0.3) is 15.5 Å². The van der Waals surface area contributed by atoms with Crippen molar-refractivity contribution in [1.82, 2.24) is 14.9 Å². The molecule has 1 aliphatic rings. The molecule has 0 bridgehead atoms. The monoisotopic (exact) mass is 386 g/mol. The fourth-order valence-electron chi connectivity index (χ4n) is 2.98. The highest BCUT2D eigenvalue weighted by Crippen LogP contribution is 2.26. The first-order valence-electron chi connectivity index (χ1n) is 8.66. The minimum absolute atomic E-state index is 0.0789. The second-order valence-electron chi connectivity index (χ2n) is 6.19. The second-order valence-corrected chi connectivity index (χ2v) is 7.16. The van der Waals surface area contributed by atoms with Gasteiger partial charge in [-0.25, -0.2) is 9.78 Å². The number of nitrogens with two attached hydrogens (primary N) is 1. The Labute approximate surface area is 158 Å². The van der Waals surface area contributed by atoms with E-state index in [9.17, 15) is 9.59 Å². The minimum atomic E-state index is -0.262. The Hall–Kier alpha value is -2.82. The van der Waals surface area contributed by atoms with E-state index in [2.05, 4.69) is 25.6 Å². The summed E-state index contributed by atoms with van der Waals surface area (Å²) in [7, 11) is 0. The van der Waals surface area contributed by atoms with Crippen LogP contribution in [0.15, 0.2) is 35.1 Å². The maximum atomic E-state index is 12.5. The number of benzene rings is 1. The number of rotatable bonds is 4. The highest BCUT2D eigenvalue weighted by Gasteiger charge is 2.21. The van der Waals surface area contributed by atoms with Crippen LogP contribution in [0.2, 0.25) is 0 Å². The molecule has 1 fully saturated rings. The number of piperazine rings is 1. The molecule has 1 aliphatic heterocycles. The van der Waals surface area contributed by atoms with Crippen molar-refractivity contribution in [2.24, 2.45) is 5.73 Å². The Bertz CT molecular complexity index is 1040. The SMILES string of the molecule is NCC(=O)Nc1cccc(-c2nn3c(=O)cc(N4CCNCC4)[nH+]c3s2)c1. The van der Waals surface area contributed by atoms with E-state index in [1.165, 1.54) is 15.9 Å². The van der Waals surface area contributed by atoms with Crippen LogP contribution in [-0.2, 0) is 4.79 Å². The molecule has 0 saturated carbocycles. The molecule has 3 heterocycles. The maximum absolute atomic E-state index is 12.5. The quantitative estimate of drug-likeness (QED) is 0.559. The van der Waals surface area contributed by atoms with Crippen molar-refractivity contribution in [3.05, 3.63) is 40.7 Å². The molecular weight excluding hydrogens is 366 g/mol. The van der Waals surface area contributed by atoms with Crippen LogP contribution in [0.4, 0.5) is 11.5 Å². The summed E-state index contributed by atoms with van der Waals surface area (Å²) in [5.41, 5.74) is 6.62. The van der Waals surface area contributed by atoms with Gasteiger partial charge in [-0.15, -0.1) is 0 Å². The molecule has 3 aromatic rings. The van der Waals surface area contributed by atoms with E-state index in [0.717, 1.165) is 37.6 Å². The molecular formula is C17H20N7O2S+. The van der Waals surface area contributed by atoms with Crippen molar-refractivity contribution in [1.29, 1.82) is 0 Å². The highest BCUT2D eigenvalue weighted by atomic mass is 32.1. The number of nitrogens with zero attached hydrogens (tertiary/aromatic N) is 3. The Morgan fingerprint density at radius 2 is 2.15 bits per heavy atom. The molecule has 1 amide bonds. The van der Waals surface area contributed by atoms with Crippen LogP contribution >= 0.6 is 11.3 Å². The van der Waals surface area contributed by atoms with Gasteiger partial charge in [0.05, 0.1) is 25.7 Å². The lowest BCUT2D eigenvalue weighted by Crippen LogP contribution is -2.46. The molecule has 27 heavy (non-hydrogen) atoms. The van der Waals surface area contributed by atoms with Crippen LogP contribution in [0.1, 0.15) is 0 Å². The molecule has 1 saturated heterocycles. The predicted molar refractivity (Wildman–Crippen MR) is 104 cm³/mol. The lowest BCUT2D eigenvalue weighted by Gasteiger charge is -2.23. The van der Waals surface area contributed by atoms with Gasteiger partial charge < -0.3 is 16.4 Å². The lowest BCUT2D eigenvalue weighted by atomic mass is 10.2. The number of hydrogen-bond acceptors (Lipinski definition) is 7. The van der Waals surface area contributed by atoms with E-state index in [1.807, 2.05) is 18.2 Å².